The van der Waals surface area contributed by atoms with Gasteiger partial charge in [0.25, 0.3) is 15.2 Å². The summed E-state index contributed by atoms with van der Waals surface area (Å²) in [6.07, 6.45) is 2.90. The van der Waals surface area contributed by atoms with E-state index in [0.29, 0.717) is 48.5 Å². The van der Waals surface area contributed by atoms with Crippen LogP contribution in [0.4, 0.5) is 20.4 Å². The van der Waals surface area contributed by atoms with Crippen LogP contribution < -0.4 is 5.32 Å². The Morgan fingerprint density at radius 2 is 1.91 bits per heavy atom. The molecule has 0 radical (unpaired) electrons. The number of aliphatic hydroxyl groups is 1. The largest absolute Gasteiger partial charge is 0.396 e. The number of rotatable bonds is 14. The van der Waals surface area contributed by atoms with Gasteiger partial charge in [-0.3, -0.25) is 0 Å². The molecule has 0 unspecified atom stereocenters. The number of benzene rings is 1. The van der Waals surface area contributed by atoms with Crippen LogP contribution in [-0.4, -0.2) is 96.5 Å². The first kappa shape index (κ1) is 34.5. The molecule has 11 nitrogen and oxygen atoms in total. The van der Waals surface area contributed by atoms with Crippen LogP contribution in [0, 0.1) is 17.2 Å². The standard InChI is InChI=1S/C31H45F2N7O4SSi/c1-22(2)25-16-24(32)17-26(23-7-9-34-27(33)15-23)28(25)35-29-36-30(37-40(29)21-44-13-14-46(3,4)5)45(42,43)39-19-31(20-39)8-11-38(18-31)10-6-12-41/h7,9,15-17,22,41H,6,8,10-14,18-21H2,1-5H3,(H,35,36,37). The van der Waals surface area contributed by atoms with Crippen molar-refractivity contribution in [2.75, 3.05) is 51.3 Å². The monoisotopic (exact) mass is 677 g/mol. The Kier molecular flexibility index (Phi) is 10.3. The summed E-state index contributed by atoms with van der Waals surface area (Å²) in [6.45, 7) is 14.3. The summed E-state index contributed by atoms with van der Waals surface area (Å²) in [5, 5.41) is 16.5. The van der Waals surface area contributed by atoms with E-state index in [1.54, 1.807) is 6.07 Å². The normalized spacial score (nSPS) is 17.2. The maximum Gasteiger partial charge on any atom is 0.284 e. The number of pyridine rings is 1. The summed E-state index contributed by atoms with van der Waals surface area (Å²) in [5.41, 5.74) is 1.72. The van der Waals surface area contributed by atoms with Gasteiger partial charge in [0.1, 0.15) is 12.5 Å². The molecule has 46 heavy (non-hydrogen) atoms. The predicted molar refractivity (Wildman–Crippen MR) is 175 cm³/mol. The third kappa shape index (κ3) is 7.82. The van der Waals surface area contributed by atoms with Crippen molar-refractivity contribution in [3.8, 4) is 11.1 Å². The van der Waals surface area contributed by atoms with E-state index in [9.17, 15) is 22.3 Å². The van der Waals surface area contributed by atoms with Gasteiger partial charge in [-0.1, -0.05) is 33.5 Å². The first-order chi connectivity index (χ1) is 21.7. The van der Waals surface area contributed by atoms with E-state index in [1.165, 1.54) is 33.4 Å². The Morgan fingerprint density at radius 3 is 2.59 bits per heavy atom. The summed E-state index contributed by atoms with van der Waals surface area (Å²) in [4.78, 5) is 10.4. The molecule has 15 heteroatoms. The van der Waals surface area contributed by atoms with Gasteiger partial charge in [-0.2, -0.15) is 13.7 Å². The number of hydrogen-bond donors (Lipinski definition) is 2. The van der Waals surface area contributed by atoms with Crippen molar-refractivity contribution >= 4 is 29.7 Å². The molecule has 3 aromatic rings. The van der Waals surface area contributed by atoms with Gasteiger partial charge in [0.05, 0.1) is 5.69 Å². The molecule has 2 saturated heterocycles. The number of nitrogens with zero attached hydrogens (tertiary/aromatic N) is 6. The van der Waals surface area contributed by atoms with Gasteiger partial charge in [-0.25, -0.2) is 22.5 Å². The van der Waals surface area contributed by atoms with Gasteiger partial charge in [0.15, 0.2) is 0 Å². The maximum atomic E-state index is 14.9. The lowest BCUT2D eigenvalue weighted by atomic mass is 9.81. The van der Waals surface area contributed by atoms with Gasteiger partial charge < -0.3 is 20.1 Å². The molecule has 4 heterocycles. The minimum atomic E-state index is -4.02. The molecule has 252 valence electrons. The number of hydrogen-bond acceptors (Lipinski definition) is 9. The van der Waals surface area contributed by atoms with Crippen LogP contribution in [0.1, 0.15) is 38.2 Å². The topological polar surface area (TPSA) is 126 Å². The van der Waals surface area contributed by atoms with Crippen molar-refractivity contribution < 1.29 is 27.0 Å². The molecule has 0 aliphatic carbocycles. The molecule has 0 saturated carbocycles. The van der Waals surface area contributed by atoms with E-state index < -0.39 is 29.9 Å². The zero-order valence-corrected chi connectivity index (χ0v) is 29.1. The Morgan fingerprint density at radius 1 is 1.15 bits per heavy atom. The van der Waals surface area contributed by atoms with E-state index in [1.807, 2.05) is 13.8 Å². The quantitative estimate of drug-likeness (QED) is 0.140. The molecule has 2 N–H and O–H groups in total. The Labute approximate surface area is 271 Å². The highest BCUT2D eigenvalue weighted by Crippen LogP contribution is 2.42. The molecule has 1 aromatic carbocycles. The molecule has 2 fully saturated rings. The average Bonchev–Trinajstić information content (AvgIpc) is 3.59. The number of halogens is 2. The molecule has 0 amide bonds. The highest BCUT2D eigenvalue weighted by atomic mass is 32.2. The molecule has 0 atom stereocenters. The Hall–Kier alpha value is -2.82. The number of aliphatic hydroxyl groups excluding tert-OH is 1. The van der Waals surface area contributed by atoms with Crippen molar-refractivity contribution in [1.29, 1.82) is 0 Å². The van der Waals surface area contributed by atoms with Gasteiger partial charge in [0.2, 0.25) is 11.9 Å². The molecule has 0 bridgehead atoms. The van der Waals surface area contributed by atoms with Crippen LogP contribution >= 0.6 is 0 Å². The smallest absolute Gasteiger partial charge is 0.284 e. The third-order valence-electron chi connectivity index (χ3n) is 8.64. The van der Waals surface area contributed by atoms with Crippen molar-refractivity contribution in [3.05, 3.63) is 47.8 Å². The second kappa shape index (κ2) is 13.7. The van der Waals surface area contributed by atoms with Crippen molar-refractivity contribution in [2.24, 2.45) is 5.41 Å². The van der Waals surface area contributed by atoms with Crippen LogP contribution in [0.15, 0.2) is 35.6 Å². The maximum absolute atomic E-state index is 14.9. The van der Waals surface area contributed by atoms with Crippen molar-refractivity contribution in [1.82, 2.24) is 29.0 Å². The van der Waals surface area contributed by atoms with Crippen LogP contribution in [0.25, 0.3) is 11.1 Å². The lowest BCUT2D eigenvalue weighted by Gasteiger charge is -2.46. The fourth-order valence-corrected chi connectivity index (χ4v) is 8.31. The zero-order chi connectivity index (χ0) is 33.3. The van der Waals surface area contributed by atoms with E-state index in [0.717, 1.165) is 32.1 Å². The summed E-state index contributed by atoms with van der Waals surface area (Å²) in [7, 11) is -5.41. The minimum absolute atomic E-state index is 0.0451. The molecule has 2 aliphatic rings. The van der Waals surface area contributed by atoms with Crippen LogP contribution in [0.5, 0.6) is 0 Å². The lowest BCUT2D eigenvalue weighted by molar-refractivity contribution is 0.0747. The average molecular weight is 678 g/mol. The number of aromatic nitrogens is 4. The number of likely N-dealkylation sites (tertiary alicyclic amines) is 1. The SMILES string of the molecule is CC(C)c1cc(F)cc(-c2ccnc(F)c2)c1Nc1nc(S(=O)(=O)N2CC3(CCN(CCCO)C3)C2)nn1COCC[Si](C)(C)C. The molecular weight excluding hydrogens is 633 g/mol. The Balaban J connectivity index is 1.46. The van der Waals surface area contributed by atoms with Gasteiger partial charge in [-0.05, 0) is 60.7 Å². The zero-order valence-electron chi connectivity index (χ0n) is 27.3. The number of anilines is 2. The molecule has 1 spiro atoms. The van der Waals surface area contributed by atoms with E-state index in [2.05, 4.69) is 44.9 Å². The van der Waals surface area contributed by atoms with Gasteiger partial charge in [0, 0.05) is 70.7 Å². The molecular formula is C31H45F2N7O4SSi. The van der Waals surface area contributed by atoms with E-state index >= 15 is 0 Å². The summed E-state index contributed by atoms with van der Waals surface area (Å²) in [6, 6.07) is 6.42. The van der Waals surface area contributed by atoms with Crippen LogP contribution in [0.3, 0.4) is 0 Å². The molecule has 2 aromatic heterocycles. The van der Waals surface area contributed by atoms with Gasteiger partial charge >= 0.3 is 0 Å². The van der Waals surface area contributed by atoms with E-state index in [4.69, 9.17) is 4.74 Å². The fourth-order valence-electron chi connectivity index (χ4n) is 6.03. The lowest BCUT2D eigenvalue weighted by Crippen LogP contribution is -2.59. The number of ether oxygens (including phenoxy) is 1. The fraction of sp³-hybridized carbons (Fsp3) is 0.581. The highest BCUT2D eigenvalue weighted by molar-refractivity contribution is 7.89. The Bertz CT molecular complexity index is 1640. The summed E-state index contributed by atoms with van der Waals surface area (Å²) in [5.74, 6) is -1.23. The highest BCUT2D eigenvalue weighted by Gasteiger charge is 2.52. The molecule has 2 aliphatic heterocycles. The third-order valence-corrected chi connectivity index (χ3v) is 11.9. The predicted octanol–water partition coefficient (Wildman–Crippen LogP) is 4.88. The minimum Gasteiger partial charge on any atom is -0.396 e. The number of sulfonamides is 1. The second-order valence-corrected chi connectivity index (χ2v) is 21.5. The van der Waals surface area contributed by atoms with Crippen LogP contribution in [0.2, 0.25) is 25.7 Å². The summed E-state index contributed by atoms with van der Waals surface area (Å²) < 4.78 is 65.4. The van der Waals surface area contributed by atoms with Crippen molar-refractivity contribution in [3.63, 3.8) is 0 Å². The van der Waals surface area contributed by atoms with Crippen molar-refractivity contribution in [2.45, 2.75) is 70.2 Å². The second-order valence-electron chi connectivity index (χ2n) is 14.0. The van der Waals surface area contributed by atoms with E-state index in [-0.39, 0.29) is 35.8 Å². The molecule has 5 rings (SSSR count). The summed E-state index contributed by atoms with van der Waals surface area (Å²) >= 11 is 0. The van der Waals surface area contributed by atoms with Crippen LogP contribution in [-0.2, 0) is 21.5 Å². The first-order valence-corrected chi connectivity index (χ1v) is 20.9. The number of nitrogens with one attached hydrogen (secondary N) is 1. The first-order valence-electron chi connectivity index (χ1n) is 15.8. The van der Waals surface area contributed by atoms with Gasteiger partial charge in [-0.15, -0.1) is 5.10 Å².